The second-order valence-corrected chi connectivity index (χ2v) is 8.13. The zero-order chi connectivity index (χ0) is 19.5. The van der Waals surface area contributed by atoms with Crippen LogP contribution in [0.15, 0.2) is 60.7 Å². The molecule has 28 heavy (non-hydrogen) atoms. The molecule has 0 aliphatic heterocycles. The van der Waals surface area contributed by atoms with Crippen LogP contribution in [0.1, 0.15) is 42.4 Å². The van der Waals surface area contributed by atoms with E-state index < -0.39 is 0 Å². The standard InChI is InChI=1S/C24H23BrN2O/c25-23(13-16-4-3-7-22(12-16)28-21-5-1-2-6-21)19-10-8-18-15-20(24(26)27)11-9-17(18)14-19/h3-4,7-15,21H,1-2,5-6H2,(H3,26,27). The molecule has 142 valence electrons. The van der Waals surface area contributed by atoms with Crippen molar-refractivity contribution in [3.05, 3.63) is 77.4 Å². The first-order valence-electron chi connectivity index (χ1n) is 9.61. The maximum Gasteiger partial charge on any atom is 0.122 e. The summed E-state index contributed by atoms with van der Waals surface area (Å²) >= 11 is 3.73. The Morgan fingerprint density at radius 1 is 0.964 bits per heavy atom. The van der Waals surface area contributed by atoms with Gasteiger partial charge in [-0.1, -0.05) is 52.3 Å². The molecule has 0 spiro atoms. The van der Waals surface area contributed by atoms with Crippen LogP contribution < -0.4 is 10.5 Å². The predicted octanol–water partition coefficient (Wildman–Crippen LogP) is 6.34. The summed E-state index contributed by atoms with van der Waals surface area (Å²) in [5.74, 6) is 1.03. The summed E-state index contributed by atoms with van der Waals surface area (Å²) in [5.41, 5.74) is 8.54. The fourth-order valence-electron chi connectivity index (χ4n) is 3.67. The molecule has 0 heterocycles. The van der Waals surface area contributed by atoms with Gasteiger partial charge in [0.05, 0.1) is 6.10 Å². The molecule has 0 unspecified atom stereocenters. The summed E-state index contributed by atoms with van der Waals surface area (Å²) in [6.45, 7) is 0. The first-order chi connectivity index (χ1) is 13.6. The van der Waals surface area contributed by atoms with Crippen LogP contribution >= 0.6 is 15.9 Å². The van der Waals surface area contributed by atoms with E-state index in [1.165, 1.54) is 12.8 Å². The Labute approximate surface area is 173 Å². The van der Waals surface area contributed by atoms with Crippen molar-refractivity contribution in [1.82, 2.24) is 0 Å². The average molecular weight is 435 g/mol. The number of nitrogen functional groups attached to an aromatic ring is 1. The third-order valence-electron chi connectivity index (χ3n) is 5.18. The molecule has 3 N–H and O–H groups in total. The van der Waals surface area contributed by atoms with Crippen molar-refractivity contribution >= 4 is 43.1 Å². The number of ether oxygens (including phenoxy) is 1. The number of hydrogen-bond donors (Lipinski definition) is 2. The molecule has 0 amide bonds. The van der Waals surface area contributed by atoms with Crippen molar-refractivity contribution in [2.45, 2.75) is 31.8 Å². The molecule has 1 fully saturated rings. The Morgan fingerprint density at radius 2 is 1.64 bits per heavy atom. The molecular weight excluding hydrogens is 412 g/mol. The molecule has 4 rings (SSSR count). The lowest BCUT2D eigenvalue weighted by molar-refractivity contribution is 0.210. The minimum absolute atomic E-state index is 0.0896. The summed E-state index contributed by atoms with van der Waals surface area (Å²) < 4.78 is 7.14. The highest BCUT2D eigenvalue weighted by molar-refractivity contribution is 9.15. The molecule has 0 aromatic heterocycles. The Hall–Kier alpha value is -2.59. The fraction of sp³-hybridized carbons (Fsp3) is 0.208. The summed E-state index contributed by atoms with van der Waals surface area (Å²) in [7, 11) is 0. The van der Waals surface area contributed by atoms with E-state index in [-0.39, 0.29) is 5.84 Å². The smallest absolute Gasteiger partial charge is 0.122 e. The highest BCUT2D eigenvalue weighted by Gasteiger charge is 2.16. The second kappa shape index (κ2) is 8.19. The van der Waals surface area contributed by atoms with Crippen molar-refractivity contribution in [1.29, 1.82) is 5.41 Å². The normalized spacial score (nSPS) is 15.1. The van der Waals surface area contributed by atoms with Gasteiger partial charge in [0.25, 0.3) is 0 Å². The van der Waals surface area contributed by atoms with Crippen LogP contribution in [0, 0.1) is 5.41 Å². The van der Waals surface area contributed by atoms with Gasteiger partial charge in [0.15, 0.2) is 0 Å². The average Bonchev–Trinajstić information content (AvgIpc) is 3.20. The zero-order valence-corrected chi connectivity index (χ0v) is 17.2. The van der Waals surface area contributed by atoms with Gasteiger partial charge in [-0.15, -0.1) is 0 Å². The Balaban J connectivity index is 1.57. The van der Waals surface area contributed by atoms with Crippen LogP contribution in [-0.2, 0) is 0 Å². The van der Waals surface area contributed by atoms with Crippen LogP contribution in [0.2, 0.25) is 0 Å². The van der Waals surface area contributed by atoms with Gasteiger partial charge in [-0.05, 0) is 77.9 Å². The molecule has 3 aromatic carbocycles. The molecule has 3 nitrogen and oxygen atoms in total. The number of rotatable bonds is 5. The maximum absolute atomic E-state index is 7.58. The molecule has 1 aliphatic carbocycles. The van der Waals surface area contributed by atoms with E-state index in [9.17, 15) is 0 Å². The monoisotopic (exact) mass is 434 g/mol. The van der Waals surface area contributed by atoms with Crippen molar-refractivity contribution in [2.24, 2.45) is 5.73 Å². The van der Waals surface area contributed by atoms with Crippen molar-refractivity contribution in [3.8, 4) is 5.75 Å². The van der Waals surface area contributed by atoms with E-state index in [4.69, 9.17) is 15.9 Å². The number of amidine groups is 1. The van der Waals surface area contributed by atoms with Crippen LogP contribution in [-0.4, -0.2) is 11.9 Å². The van der Waals surface area contributed by atoms with Gasteiger partial charge in [0, 0.05) is 10.0 Å². The van der Waals surface area contributed by atoms with Gasteiger partial charge in [0.1, 0.15) is 11.6 Å². The molecule has 4 heteroatoms. The molecule has 0 radical (unpaired) electrons. The molecule has 0 atom stereocenters. The number of nitrogens with two attached hydrogens (primary N) is 1. The topological polar surface area (TPSA) is 59.1 Å². The van der Waals surface area contributed by atoms with Gasteiger partial charge >= 0.3 is 0 Å². The molecule has 1 aliphatic rings. The quantitative estimate of drug-likeness (QED) is 0.279. The summed E-state index contributed by atoms with van der Waals surface area (Å²) in [6, 6.07) is 20.4. The molecule has 3 aromatic rings. The van der Waals surface area contributed by atoms with E-state index in [1.807, 2.05) is 30.3 Å². The van der Waals surface area contributed by atoms with Gasteiger partial charge in [-0.25, -0.2) is 0 Å². The van der Waals surface area contributed by atoms with Crippen molar-refractivity contribution < 1.29 is 4.74 Å². The lowest BCUT2D eigenvalue weighted by Gasteiger charge is -2.13. The van der Waals surface area contributed by atoms with Gasteiger partial charge < -0.3 is 10.5 Å². The number of hydrogen-bond acceptors (Lipinski definition) is 2. The Kier molecular flexibility index (Phi) is 5.49. The fourth-order valence-corrected chi connectivity index (χ4v) is 4.18. The van der Waals surface area contributed by atoms with Gasteiger partial charge in [-0.2, -0.15) is 0 Å². The highest BCUT2D eigenvalue weighted by Crippen LogP contribution is 2.30. The molecule has 0 saturated heterocycles. The summed E-state index contributed by atoms with van der Waals surface area (Å²) in [6.07, 6.45) is 7.34. The molecular formula is C24H23BrN2O. The number of fused-ring (bicyclic) bond motifs is 1. The third-order valence-corrected chi connectivity index (χ3v) is 5.87. The zero-order valence-electron chi connectivity index (χ0n) is 15.6. The molecule has 1 saturated carbocycles. The van der Waals surface area contributed by atoms with Gasteiger partial charge in [-0.3, -0.25) is 5.41 Å². The predicted molar refractivity (Wildman–Crippen MR) is 121 cm³/mol. The number of benzene rings is 3. The first kappa shape index (κ1) is 18.8. The SMILES string of the molecule is N=C(N)c1ccc2cc(C(Br)=Cc3cccc(OC4CCCC4)c3)ccc2c1. The maximum atomic E-state index is 7.58. The summed E-state index contributed by atoms with van der Waals surface area (Å²) in [5, 5.41) is 9.77. The Bertz CT molecular complexity index is 1050. The first-order valence-corrected chi connectivity index (χ1v) is 10.4. The van der Waals surface area contributed by atoms with E-state index in [2.05, 4.69) is 52.3 Å². The minimum Gasteiger partial charge on any atom is -0.490 e. The van der Waals surface area contributed by atoms with Gasteiger partial charge in [0.2, 0.25) is 0 Å². The highest BCUT2D eigenvalue weighted by atomic mass is 79.9. The molecule has 0 bridgehead atoms. The van der Waals surface area contributed by atoms with E-state index in [0.717, 1.165) is 50.5 Å². The van der Waals surface area contributed by atoms with E-state index in [0.29, 0.717) is 6.10 Å². The van der Waals surface area contributed by atoms with Crippen LogP contribution in [0.3, 0.4) is 0 Å². The largest absolute Gasteiger partial charge is 0.490 e. The lowest BCUT2D eigenvalue weighted by Crippen LogP contribution is -2.10. The second-order valence-electron chi connectivity index (χ2n) is 7.28. The lowest BCUT2D eigenvalue weighted by atomic mass is 10.0. The number of nitrogens with one attached hydrogen (secondary N) is 1. The van der Waals surface area contributed by atoms with E-state index >= 15 is 0 Å². The van der Waals surface area contributed by atoms with Crippen LogP contribution in [0.5, 0.6) is 5.75 Å². The Morgan fingerprint density at radius 3 is 2.36 bits per heavy atom. The number of halogens is 1. The third kappa shape index (κ3) is 4.28. The van der Waals surface area contributed by atoms with Crippen molar-refractivity contribution in [3.63, 3.8) is 0 Å². The van der Waals surface area contributed by atoms with E-state index in [1.54, 1.807) is 0 Å². The van der Waals surface area contributed by atoms with Crippen molar-refractivity contribution in [2.75, 3.05) is 0 Å². The summed E-state index contributed by atoms with van der Waals surface area (Å²) in [4.78, 5) is 0. The minimum atomic E-state index is 0.0896. The van der Waals surface area contributed by atoms with Crippen LogP contribution in [0.25, 0.3) is 21.3 Å². The van der Waals surface area contributed by atoms with Crippen LogP contribution in [0.4, 0.5) is 0 Å².